The van der Waals surface area contributed by atoms with E-state index in [-0.39, 0.29) is 5.91 Å². The molecule has 1 aliphatic carbocycles. The number of benzene rings is 1. The number of amides is 1. The lowest BCUT2D eigenvalue weighted by molar-refractivity contribution is -0.115. The van der Waals surface area contributed by atoms with Crippen molar-refractivity contribution in [3.8, 4) is 0 Å². The van der Waals surface area contributed by atoms with Gasteiger partial charge in [0.05, 0.1) is 13.1 Å². The maximum absolute atomic E-state index is 11.8. The van der Waals surface area contributed by atoms with E-state index in [0.717, 1.165) is 30.3 Å². The standard InChI is InChI=1S/C16H20N4O/c21-16(11-17-10-13-2-3-13)19-15-6-4-14(5-7-15)12-20-9-1-8-18-20/h1,4-9,13,17H,2-3,10-12H2,(H,19,21). The van der Waals surface area contributed by atoms with Gasteiger partial charge in [-0.3, -0.25) is 9.48 Å². The minimum absolute atomic E-state index is 0.00970. The van der Waals surface area contributed by atoms with Crippen molar-refractivity contribution < 1.29 is 4.79 Å². The van der Waals surface area contributed by atoms with E-state index < -0.39 is 0 Å². The van der Waals surface area contributed by atoms with E-state index in [1.165, 1.54) is 12.8 Å². The summed E-state index contributed by atoms with van der Waals surface area (Å²) in [7, 11) is 0. The molecular formula is C16H20N4O. The number of nitrogens with zero attached hydrogens (tertiary/aromatic N) is 2. The molecule has 2 aromatic rings. The maximum Gasteiger partial charge on any atom is 0.238 e. The first kappa shape index (κ1) is 13.8. The van der Waals surface area contributed by atoms with Gasteiger partial charge in [-0.25, -0.2) is 0 Å². The normalized spacial score (nSPS) is 14.1. The van der Waals surface area contributed by atoms with Crippen LogP contribution in [0.1, 0.15) is 18.4 Å². The first-order chi connectivity index (χ1) is 10.3. The molecule has 1 heterocycles. The summed E-state index contributed by atoms with van der Waals surface area (Å²) in [6, 6.07) is 9.78. The lowest BCUT2D eigenvalue weighted by Gasteiger charge is -2.07. The number of nitrogens with one attached hydrogen (secondary N) is 2. The molecule has 0 radical (unpaired) electrons. The van der Waals surface area contributed by atoms with Crippen molar-refractivity contribution in [2.24, 2.45) is 5.92 Å². The highest BCUT2D eigenvalue weighted by Gasteiger charge is 2.20. The third-order valence-electron chi connectivity index (χ3n) is 3.56. The zero-order valence-corrected chi connectivity index (χ0v) is 12.0. The molecule has 3 rings (SSSR count). The maximum atomic E-state index is 11.8. The number of carbonyl (C=O) groups excluding carboxylic acids is 1. The lowest BCUT2D eigenvalue weighted by atomic mass is 10.2. The van der Waals surface area contributed by atoms with Crippen LogP contribution in [-0.4, -0.2) is 28.8 Å². The van der Waals surface area contributed by atoms with Crippen LogP contribution in [0.15, 0.2) is 42.7 Å². The van der Waals surface area contributed by atoms with Crippen molar-refractivity contribution in [2.75, 3.05) is 18.4 Å². The zero-order chi connectivity index (χ0) is 14.5. The van der Waals surface area contributed by atoms with Gasteiger partial charge in [-0.2, -0.15) is 5.10 Å². The minimum atomic E-state index is 0.00970. The van der Waals surface area contributed by atoms with Gasteiger partial charge in [-0.05, 0) is 49.1 Å². The number of carbonyl (C=O) groups is 1. The molecule has 5 nitrogen and oxygen atoms in total. The SMILES string of the molecule is O=C(CNCC1CC1)Nc1ccc(Cn2cccn2)cc1. The van der Waals surface area contributed by atoms with Gasteiger partial charge in [0.25, 0.3) is 0 Å². The second-order valence-electron chi connectivity index (χ2n) is 5.52. The van der Waals surface area contributed by atoms with Gasteiger partial charge >= 0.3 is 0 Å². The van der Waals surface area contributed by atoms with E-state index in [0.29, 0.717) is 6.54 Å². The number of hydrogen-bond acceptors (Lipinski definition) is 3. The topological polar surface area (TPSA) is 59.0 Å². The highest BCUT2D eigenvalue weighted by Crippen LogP contribution is 2.27. The predicted octanol–water partition coefficient (Wildman–Crippen LogP) is 1.87. The highest BCUT2D eigenvalue weighted by molar-refractivity contribution is 5.92. The Kier molecular flexibility index (Phi) is 4.31. The van der Waals surface area contributed by atoms with Crippen LogP contribution < -0.4 is 10.6 Å². The number of hydrogen-bond donors (Lipinski definition) is 2. The quantitative estimate of drug-likeness (QED) is 0.816. The lowest BCUT2D eigenvalue weighted by Crippen LogP contribution is -2.29. The molecule has 1 fully saturated rings. The molecule has 5 heteroatoms. The molecule has 0 aliphatic heterocycles. The van der Waals surface area contributed by atoms with E-state index in [9.17, 15) is 4.79 Å². The Morgan fingerprint density at radius 3 is 2.76 bits per heavy atom. The van der Waals surface area contributed by atoms with E-state index >= 15 is 0 Å². The van der Waals surface area contributed by atoms with Crippen LogP contribution in [0, 0.1) is 5.92 Å². The Hall–Kier alpha value is -2.14. The van der Waals surface area contributed by atoms with Crippen molar-refractivity contribution in [1.82, 2.24) is 15.1 Å². The summed E-state index contributed by atoms with van der Waals surface area (Å²) in [6.45, 7) is 2.08. The van der Waals surface area contributed by atoms with Crippen molar-refractivity contribution in [2.45, 2.75) is 19.4 Å². The van der Waals surface area contributed by atoms with Crippen molar-refractivity contribution in [1.29, 1.82) is 0 Å². The van der Waals surface area contributed by atoms with Gasteiger partial charge in [-0.1, -0.05) is 12.1 Å². The van der Waals surface area contributed by atoms with E-state index in [1.54, 1.807) is 6.20 Å². The minimum Gasteiger partial charge on any atom is -0.325 e. The number of anilines is 1. The van der Waals surface area contributed by atoms with Crippen LogP contribution in [0.25, 0.3) is 0 Å². The van der Waals surface area contributed by atoms with Gasteiger partial charge < -0.3 is 10.6 Å². The molecule has 0 saturated heterocycles. The van der Waals surface area contributed by atoms with Crippen LogP contribution in [0.2, 0.25) is 0 Å². The van der Waals surface area contributed by atoms with Crippen molar-refractivity contribution in [3.05, 3.63) is 48.3 Å². The Morgan fingerprint density at radius 2 is 2.10 bits per heavy atom. The van der Waals surface area contributed by atoms with Crippen molar-refractivity contribution in [3.63, 3.8) is 0 Å². The molecule has 1 amide bonds. The summed E-state index contributed by atoms with van der Waals surface area (Å²) in [5.41, 5.74) is 1.99. The van der Waals surface area contributed by atoms with Gasteiger partial charge in [-0.15, -0.1) is 0 Å². The molecular weight excluding hydrogens is 264 g/mol. The molecule has 21 heavy (non-hydrogen) atoms. The van der Waals surface area contributed by atoms with Gasteiger partial charge in [0.1, 0.15) is 0 Å². The van der Waals surface area contributed by atoms with Crippen LogP contribution >= 0.6 is 0 Å². The first-order valence-electron chi connectivity index (χ1n) is 7.36. The van der Waals surface area contributed by atoms with Crippen LogP contribution in [0.5, 0.6) is 0 Å². The fraction of sp³-hybridized carbons (Fsp3) is 0.375. The fourth-order valence-electron chi connectivity index (χ4n) is 2.19. The summed E-state index contributed by atoms with van der Waals surface area (Å²) in [6.07, 6.45) is 6.29. The van der Waals surface area contributed by atoms with Crippen LogP contribution in [0.4, 0.5) is 5.69 Å². The smallest absolute Gasteiger partial charge is 0.238 e. The average Bonchev–Trinajstić information content (AvgIpc) is 3.16. The Labute approximate surface area is 124 Å². The second kappa shape index (κ2) is 6.54. The number of rotatable bonds is 7. The Bertz CT molecular complexity index is 573. The summed E-state index contributed by atoms with van der Waals surface area (Å²) >= 11 is 0. The summed E-state index contributed by atoms with van der Waals surface area (Å²) in [4.78, 5) is 11.8. The monoisotopic (exact) mass is 284 g/mol. The molecule has 0 unspecified atom stereocenters. The van der Waals surface area contributed by atoms with Crippen molar-refractivity contribution >= 4 is 11.6 Å². The van der Waals surface area contributed by atoms with Gasteiger partial charge in [0.2, 0.25) is 5.91 Å². The van der Waals surface area contributed by atoms with E-state index in [4.69, 9.17) is 0 Å². The molecule has 0 bridgehead atoms. The summed E-state index contributed by atoms with van der Waals surface area (Å²) in [5.74, 6) is 0.801. The zero-order valence-electron chi connectivity index (χ0n) is 12.0. The van der Waals surface area contributed by atoms with Crippen LogP contribution in [-0.2, 0) is 11.3 Å². The molecule has 110 valence electrons. The molecule has 1 saturated carbocycles. The fourth-order valence-corrected chi connectivity index (χ4v) is 2.19. The summed E-state index contributed by atoms with van der Waals surface area (Å²) in [5, 5.41) is 10.3. The third kappa shape index (κ3) is 4.43. The molecule has 2 N–H and O–H groups in total. The molecule has 1 aromatic carbocycles. The molecule has 0 atom stereocenters. The highest BCUT2D eigenvalue weighted by atomic mass is 16.1. The third-order valence-corrected chi connectivity index (χ3v) is 3.56. The Morgan fingerprint density at radius 1 is 1.29 bits per heavy atom. The largest absolute Gasteiger partial charge is 0.325 e. The van der Waals surface area contributed by atoms with E-state index in [2.05, 4.69) is 15.7 Å². The summed E-state index contributed by atoms with van der Waals surface area (Å²) < 4.78 is 1.87. The number of aromatic nitrogens is 2. The predicted molar refractivity (Wildman–Crippen MR) is 82.0 cm³/mol. The molecule has 1 aromatic heterocycles. The van der Waals surface area contributed by atoms with E-state index in [1.807, 2.05) is 41.2 Å². The van der Waals surface area contributed by atoms with Gasteiger partial charge in [0.15, 0.2) is 0 Å². The van der Waals surface area contributed by atoms with Crippen LogP contribution in [0.3, 0.4) is 0 Å². The van der Waals surface area contributed by atoms with Gasteiger partial charge in [0, 0.05) is 18.1 Å². The second-order valence-corrected chi connectivity index (χ2v) is 5.52. The average molecular weight is 284 g/mol. The Balaban J connectivity index is 1.45. The molecule has 0 spiro atoms. The first-order valence-corrected chi connectivity index (χ1v) is 7.36. The molecule has 1 aliphatic rings.